The molecule has 1 unspecified atom stereocenters. The predicted molar refractivity (Wildman–Crippen MR) is 73.1 cm³/mol. The van der Waals surface area contributed by atoms with E-state index < -0.39 is 0 Å². The largest absolute Gasteiger partial charge is 0.382 e. The fourth-order valence-corrected chi connectivity index (χ4v) is 2.73. The number of aryl methyl sites for hydroxylation is 2. The first-order chi connectivity index (χ1) is 9.08. The standard InChI is InChI=1S/C13H18N4O2/c1-8-6-10-11(12(14)15-16(10)2)13(18)17(8)7-9-4-3-5-19-9/h6,9H,3-5,7H2,1-2H3,(H2,14,15). The van der Waals surface area contributed by atoms with Gasteiger partial charge in [-0.25, -0.2) is 0 Å². The Morgan fingerprint density at radius 3 is 3.05 bits per heavy atom. The number of nitrogens with zero attached hydrogens (tertiary/aromatic N) is 3. The van der Waals surface area contributed by atoms with Gasteiger partial charge in [0, 0.05) is 19.3 Å². The smallest absolute Gasteiger partial charge is 0.264 e. The maximum atomic E-state index is 12.5. The summed E-state index contributed by atoms with van der Waals surface area (Å²) in [6.45, 7) is 3.31. The lowest BCUT2D eigenvalue weighted by Crippen LogP contribution is -2.28. The van der Waals surface area contributed by atoms with E-state index in [4.69, 9.17) is 10.5 Å². The van der Waals surface area contributed by atoms with E-state index in [9.17, 15) is 4.79 Å². The number of ether oxygens (including phenoxy) is 1. The first-order valence-corrected chi connectivity index (χ1v) is 6.52. The van der Waals surface area contributed by atoms with Crippen molar-refractivity contribution >= 4 is 16.7 Å². The van der Waals surface area contributed by atoms with E-state index in [0.29, 0.717) is 17.7 Å². The highest BCUT2D eigenvalue weighted by Crippen LogP contribution is 2.19. The SMILES string of the molecule is Cc1cc2c(c(N)nn2C)c(=O)n1CC1CCCO1. The molecule has 2 aromatic heterocycles. The molecule has 1 fully saturated rings. The number of aromatic nitrogens is 3. The quantitative estimate of drug-likeness (QED) is 0.868. The van der Waals surface area contributed by atoms with Gasteiger partial charge in [0.1, 0.15) is 5.39 Å². The van der Waals surface area contributed by atoms with Gasteiger partial charge in [0.2, 0.25) is 0 Å². The molecule has 3 heterocycles. The Hall–Kier alpha value is -1.82. The van der Waals surface area contributed by atoms with E-state index in [1.54, 1.807) is 16.3 Å². The van der Waals surface area contributed by atoms with Crippen molar-refractivity contribution in [2.24, 2.45) is 7.05 Å². The van der Waals surface area contributed by atoms with Gasteiger partial charge in [-0.15, -0.1) is 0 Å². The maximum absolute atomic E-state index is 12.5. The third kappa shape index (κ3) is 1.92. The van der Waals surface area contributed by atoms with Crippen LogP contribution >= 0.6 is 0 Å². The van der Waals surface area contributed by atoms with E-state index in [0.717, 1.165) is 30.7 Å². The minimum absolute atomic E-state index is 0.0731. The summed E-state index contributed by atoms with van der Waals surface area (Å²) in [5, 5.41) is 4.62. The second-order valence-corrected chi connectivity index (χ2v) is 5.11. The van der Waals surface area contributed by atoms with Crippen molar-refractivity contribution in [1.82, 2.24) is 14.3 Å². The molecule has 1 aliphatic rings. The Morgan fingerprint density at radius 2 is 2.37 bits per heavy atom. The molecule has 0 bridgehead atoms. The van der Waals surface area contributed by atoms with Crippen LogP contribution in [0, 0.1) is 6.92 Å². The summed E-state index contributed by atoms with van der Waals surface area (Å²) < 4.78 is 9.00. The van der Waals surface area contributed by atoms with Crippen LogP contribution in [0.5, 0.6) is 0 Å². The van der Waals surface area contributed by atoms with Gasteiger partial charge in [-0.1, -0.05) is 0 Å². The molecule has 0 aromatic carbocycles. The zero-order valence-corrected chi connectivity index (χ0v) is 11.2. The molecule has 2 aromatic rings. The molecule has 6 nitrogen and oxygen atoms in total. The number of nitrogen functional groups attached to an aromatic ring is 1. The topological polar surface area (TPSA) is 75.1 Å². The van der Waals surface area contributed by atoms with E-state index in [-0.39, 0.29) is 11.7 Å². The number of fused-ring (bicyclic) bond motifs is 1. The maximum Gasteiger partial charge on any atom is 0.264 e. The Balaban J connectivity index is 2.13. The van der Waals surface area contributed by atoms with Crippen molar-refractivity contribution in [1.29, 1.82) is 0 Å². The van der Waals surface area contributed by atoms with Crippen molar-refractivity contribution in [3.63, 3.8) is 0 Å². The Bertz CT molecular complexity index is 680. The van der Waals surface area contributed by atoms with Crippen LogP contribution in [0.1, 0.15) is 18.5 Å². The summed E-state index contributed by atoms with van der Waals surface area (Å²) in [6.07, 6.45) is 2.20. The molecule has 102 valence electrons. The summed E-state index contributed by atoms with van der Waals surface area (Å²) in [7, 11) is 1.79. The van der Waals surface area contributed by atoms with Gasteiger partial charge in [0.25, 0.3) is 5.56 Å². The molecule has 3 rings (SSSR count). The van der Waals surface area contributed by atoms with Crippen LogP contribution in [0.15, 0.2) is 10.9 Å². The lowest BCUT2D eigenvalue weighted by Gasteiger charge is -2.14. The molecule has 0 aliphatic carbocycles. The minimum Gasteiger partial charge on any atom is -0.382 e. The van der Waals surface area contributed by atoms with Gasteiger partial charge in [-0.05, 0) is 25.8 Å². The second-order valence-electron chi connectivity index (χ2n) is 5.11. The van der Waals surface area contributed by atoms with Crippen LogP contribution in [-0.4, -0.2) is 27.1 Å². The summed E-state index contributed by atoms with van der Waals surface area (Å²) in [6, 6.07) is 1.95. The molecule has 1 saturated heterocycles. The predicted octanol–water partition coefficient (Wildman–Crippen LogP) is 0.805. The van der Waals surface area contributed by atoms with Gasteiger partial charge in [-0.2, -0.15) is 5.10 Å². The van der Waals surface area contributed by atoms with E-state index in [1.807, 2.05) is 13.0 Å². The average molecular weight is 262 g/mol. The van der Waals surface area contributed by atoms with Crippen LogP contribution in [0.4, 0.5) is 5.82 Å². The van der Waals surface area contributed by atoms with Gasteiger partial charge in [-0.3, -0.25) is 9.48 Å². The number of hydrogen-bond acceptors (Lipinski definition) is 4. The first kappa shape index (κ1) is 12.2. The van der Waals surface area contributed by atoms with Gasteiger partial charge in [0.05, 0.1) is 18.2 Å². The minimum atomic E-state index is -0.0731. The molecular formula is C13H18N4O2. The van der Waals surface area contributed by atoms with Gasteiger partial charge >= 0.3 is 0 Å². The van der Waals surface area contributed by atoms with Crippen LogP contribution < -0.4 is 11.3 Å². The average Bonchev–Trinajstić information content (AvgIpc) is 2.94. The van der Waals surface area contributed by atoms with Crippen molar-refractivity contribution in [2.75, 3.05) is 12.3 Å². The van der Waals surface area contributed by atoms with E-state index in [2.05, 4.69) is 5.10 Å². The van der Waals surface area contributed by atoms with Gasteiger partial charge < -0.3 is 15.0 Å². The zero-order chi connectivity index (χ0) is 13.6. The monoisotopic (exact) mass is 262 g/mol. The highest BCUT2D eigenvalue weighted by Gasteiger charge is 2.20. The van der Waals surface area contributed by atoms with E-state index >= 15 is 0 Å². The molecule has 2 N–H and O–H groups in total. The summed E-state index contributed by atoms with van der Waals surface area (Å²) in [4.78, 5) is 12.5. The Morgan fingerprint density at radius 1 is 1.58 bits per heavy atom. The van der Waals surface area contributed by atoms with Crippen molar-refractivity contribution in [2.45, 2.75) is 32.4 Å². The molecule has 1 aliphatic heterocycles. The number of anilines is 1. The highest BCUT2D eigenvalue weighted by molar-refractivity contribution is 5.88. The fourth-order valence-electron chi connectivity index (χ4n) is 2.73. The Kier molecular flexibility index (Phi) is 2.82. The molecule has 0 radical (unpaired) electrons. The molecule has 19 heavy (non-hydrogen) atoms. The van der Waals surface area contributed by atoms with Crippen molar-refractivity contribution < 1.29 is 4.74 Å². The number of nitrogens with two attached hydrogens (primary N) is 1. The number of hydrogen-bond donors (Lipinski definition) is 1. The first-order valence-electron chi connectivity index (χ1n) is 6.52. The van der Waals surface area contributed by atoms with Crippen LogP contribution in [0.3, 0.4) is 0 Å². The van der Waals surface area contributed by atoms with E-state index in [1.165, 1.54) is 0 Å². The molecule has 0 amide bonds. The van der Waals surface area contributed by atoms with Crippen LogP contribution in [-0.2, 0) is 18.3 Å². The number of pyridine rings is 1. The third-order valence-electron chi connectivity index (χ3n) is 3.76. The number of rotatable bonds is 2. The molecule has 0 spiro atoms. The normalized spacial score (nSPS) is 19.4. The van der Waals surface area contributed by atoms with Crippen molar-refractivity contribution in [3.05, 3.63) is 22.1 Å². The fraction of sp³-hybridized carbons (Fsp3) is 0.538. The van der Waals surface area contributed by atoms with Crippen LogP contribution in [0.2, 0.25) is 0 Å². The summed E-state index contributed by atoms with van der Waals surface area (Å²) in [5.74, 6) is 0.295. The summed E-state index contributed by atoms with van der Waals surface area (Å²) in [5.41, 5.74) is 7.45. The lowest BCUT2D eigenvalue weighted by atomic mass is 10.2. The summed E-state index contributed by atoms with van der Waals surface area (Å²) >= 11 is 0. The van der Waals surface area contributed by atoms with Crippen LogP contribution in [0.25, 0.3) is 10.9 Å². The highest BCUT2D eigenvalue weighted by atomic mass is 16.5. The molecular weight excluding hydrogens is 244 g/mol. The van der Waals surface area contributed by atoms with Crippen molar-refractivity contribution in [3.8, 4) is 0 Å². The van der Waals surface area contributed by atoms with Gasteiger partial charge in [0.15, 0.2) is 5.82 Å². The molecule has 0 saturated carbocycles. The molecule has 6 heteroatoms. The Labute approximate surface area is 110 Å². The zero-order valence-electron chi connectivity index (χ0n) is 11.2. The lowest BCUT2D eigenvalue weighted by molar-refractivity contribution is 0.0958. The third-order valence-corrected chi connectivity index (χ3v) is 3.76. The molecule has 1 atom stereocenters. The second kappa shape index (κ2) is 4.38.